The molecule has 0 aromatic heterocycles. The zero-order valence-electron chi connectivity index (χ0n) is 29.3. The standard InChI is InChI=1S/C40H47O10P/c1-4-48-51(42,49-5-2)40(39(41)43-3)38(47-29-34-24-16-9-17-25-34)37(46-28-33-22-14-8-15-23-33)36(45-27-32-20-12-7-13-21-32)35(50-40)30-44-26-31-18-10-6-11-19-31/h6-25,35-38H,4-5,26-30H2,1-3H3/t35-,36-,37+,38+,40+/m1/s1. The van der Waals surface area contributed by atoms with Crippen LogP contribution in [0.25, 0.3) is 0 Å². The van der Waals surface area contributed by atoms with Crippen LogP contribution in [0.1, 0.15) is 36.1 Å². The van der Waals surface area contributed by atoms with Gasteiger partial charge in [-0.05, 0) is 36.1 Å². The summed E-state index contributed by atoms with van der Waals surface area (Å²) >= 11 is 0. The molecule has 0 bridgehead atoms. The van der Waals surface area contributed by atoms with E-state index in [1.807, 2.05) is 121 Å². The second-order valence-electron chi connectivity index (χ2n) is 11.9. The minimum Gasteiger partial charge on any atom is -0.466 e. The third-order valence-electron chi connectivity index (χ3n) is 8.42. The number of hydrogen-bond donors (Lipinski definition) is 0. The van der Waals surface area contributed by atoms with Crippen LogP contribution in [0.5, 0.6) is 0 Å². The van der Waals surface area contributed by atoms with Gasteiger partial charge >= 0.3 is 13.6 Å². The molecule has 272 valence electrons. The average molecular weight is 719 g/mol. The van der Waals surface area contributed by atoms with E-state index in [1.165, 1.54) is 7.11 Å². The van der Waals surface area contributed by atoms with Gasteiger partial charge in [0.2, 0.25) is 0 Å². The summed E-state index contributed by atoms with van der Waals surface area (Å²) in [4.78, 5) is 14.4. The molecule has 0 spiro atoms. The molecule has 1 aliphatic rings. The molecule has 0 saturated carbocycles. The van der Waals surface area contributed by atoms with Gasteiger partial charge < -0.3 is 37.5 Å². The Morgan fingerprint density at radius 1 is 0.627 bits per heavy atom. The van der Waals surface area contributed by atoms with E-state index in [-0.39, 0.29) is 46.2 Å². The molecule has 1 aliphatic heterocycles. The number of rotatable bonds is 19. The molecule has 0 radical (unpaired) electrons. The maximum atomic E-state index is 15.2. The molecule has 0 N–H and O–H groups in total. The number of methoxy groups -OCH3 is 1. The van der Waals surface area contributed by atoms with Crippen molar-refractivity contribution in [3.63, 3.8) is 0 Å². The molecule has 51 heavy (non-hydrogen) atoms. The molecule has 0 aliphatic carbocycles. The van der Waals surface area contributed by atoms with Crippen LogP contribution in [0.3, 0.4) is 0 Å². The summed E-state index contributed by atoms with van der Waals surface area (Å²) in [5.41, 5.74) is 3.51. The highest BCUT2D eigenvalue weighted by molar-refractivity contribution is 7.56. The van der Waals surface area contributed by atoms with Gasteiger partial charge in [-0.3, -0.25) is 4.57 Å². The minimum absolute atomic E-state index is 0.0115. The fourth-order valence-electron chi connectivity index (χ4n) is 6.06. The van der Waals surface area contributed by atoms with Crippen LogP contribution in [-0.2, 0) is 73.3 Å². The van der Waals surface area contributed by atoms with Gasteiger partial charge in [-0.25, -0.2) is 4.79 Å². The first-order chi connectivity index (χ1) is 24.9. The molecule has 10 nitrogen and oxygen atoms in total. The fraction of sp³-hybridized carbons (Fsp3) is 0.375. The van der Waals surface area contributed by atoms with E-state index in [4.69, 9.17) is 37.5 Å². The molecule has 1 heterocycles. The minimum atomic E-state index is -4.55. The van der Waals surface area contributed by atoms with Gasteiger partial charge in [-0.1, -0.05) is 121 Å². The van der Waals surface area contributed by atoms with Crippen molar-refractivity contribution < 1.29 is 46.8 Å². The molecule has 11 heteroatoms. The van der Waals surface area contributed by atoms with Gasteiger partial charge in [0.1, 0.15) is 24.4 Å². The second-order valence-corrected chi connectivity index (χ2v) is 14.1. The molecule has 1 saturated heterocycles. The zero-order valence-corrected chi connectivity index (χ0v) is 30.2. The second kappa shape index (κ2) is 19.2. The van der Waals surface area contributed by atoms with E-state index in [9.17, 15) is 4.79 Å². The van der Waals surface area contributed by atoms with Crippen LogP contribution < -0.4 is 0 Å². The van der Waals surface area contributed by atoms with E-state index in [0.29, 0.717) is 0 Å². The summed E-state index contributed by atoms with van der Waals surface area (Å²) in [6.45, 7) is 3.70. The van der Waals surface area contributed by atoms with Crippen molar-refractivity contribution in [2.75, 3.05) is 26.9 Å². The number of ether oxygens (including phenoxy) is 6. The Labute approximate surface area is 300 Å². The topological polar surface area (TPSA) is 108 Å². The third-order valence-corrected chi connectivity index (χ3v) is 11.0. The third kappa shape index (κ3) is 9.60. The largest absolute Gasteiger partial charge is 0.466 e. The lowest BCUT2D eigenvalue weighted by atomic mass is 9.93. The maximum Gasteiger partial charge on any atom is 0.376 e. The molecule has 5 atom stereocenters. The SMILES string of the molecule is CCOP(=O)(OCC)[C@@]1(C(=O)OC)O[C@H](COCc2ccccc2)[C@@H](OCc2ccccc2)[C@H](OCc2ccccc2)[C@@H]1OCc1ccccc1. The molecular formula is C40H47O10P. The van der Waals surface area contributed by atoms with Gasteiger partial charge in [0, 0.05) is 0 Å². The van der Waals surface area contributed by atoms with Gasteiger partial charge in [0.25, 0.3) is 5.34 Å². The van der Waals surface area contributed by atoms with Crippen molar-refractivity contribution in [1.82, 2.24) is 0 Å². The van der Waals surface area contributed by atoms with E-state index in [1.54, 1.807) is 13.8 Å². The van der Waals surface area contributed by atoms with Crippen molar-refractivity contribution in [3.05, 3.63) is 144 Å². The van der Waals surface area contributed by atoms with Crippen molar-refractivity contribution in [1.29, 1.82) is 0 Å². The van der Waals surface area contributed by atoms with Crippen molar-refractivity contribution in [2.24, 2.45) is 0 Å². The average Bonchev–Trinajstić information content (AvgIpc) is 3.17. The molecular weight excluding hydrogens is 671 g/mol. The first kappa shape index (κ1) is 38.5. The molecule has 4 aromatic carbocycles. The van der Waals surface area contributed by atoms with Gasteiger partial charge in [0.05, 0.1) is 53.4 Å². The van der Waals surface area contributed by atoms with E-state index >= 15 is 4.57 Å². The van der Waals surface area contributed by atoms with E-state index in [0.717, 1.165) is 22.3 Å². The number of esters is 1. The monoisotopic (exact) mass is 718 g/mol. The molecule has 5 rings (SSSR count). The summed E-state index contributed by atoms with van der Waals surface area (Å²) in [6.07, 6.45) is -4.38. The highest BCUT2D eigenvalue weighted by Gasteiger charge is 2.72. The van der Waals surface area contributed by atoms with Crippen LogP contribution >= 0.6 is 7.60 Å². The number of carbonyl (C=O) groups is 1. The summed E-state index contributed by atoms with van der Waals surface area (Å²) in [6, 6.07) is 38.4. The summed E-state index contributed by atoms with van der Waals surface area (Å²) < 4.78 is 65.5. The van der Waals surface area contributed by atoms with Crippen LogP contribution in [-0.4, -0.2) is 62.7 Å². The van der Waals surface area contributed by atoms with Crippen LogP contribution in [0.15, 0.2) is 121 Å². The Morgan fingerprint density at radius 3 is 1.47 bits per heavy atom. The molecule has 0 amide bonds. The Bertz CT molecular complexity index is 1630. The van der Waals surface area contributed by atoms with Crippen LogP contribution in [0.2, 0.25) is 0 Å². The molecule has 0 unspecified atom stereocenters. The predicted molar refractivity (Wildman–Crippen MR) is 192 cm³/mol. The van der Waals surface area contributed by atoms with Crippen LogP contribution in [0.4, 0.5) is 0 Å². The number of hydrogen-bond acceptors (Lipinski definition) is 10. The van der Waals surface area contributed by atoms with Gasteiger partial charge in [-0.2, -0.15) is 0 Å². The lowest BCUT2D eigenvalue weighted by Crippen LogP contribution is -2.70. The summed E-state index contributed by atoms with van der Waals surface area (Å²) in [7, 11) is -3.36. The Hall–Kier alpha value is -3.70. The van der Waals surface area contributed by atoms with Crippen LogP contribution in [0, 0.1) is 0 Å². The first-order valence-electron chi connectivity index (χ1n) is 17.2. The zero-order chi connectivity index (χ0) is 35.9. The maximum absolute atomic E-state index is 15.2. The smallest absolute Gasteiger partial charge is 0.376 e. The van der Waals surface area contributed by atoms with Crippen molar-refractivity contribution >= 4 is 13.6 Å². The Kier molecular flexibility index (Phi) is 14.5. The first-order valence-corrected chi connectivity index (χ1v) is 18.7. The highest BCUT2D eigenvalue weighted by atomic mass is 31.2. The fourth-order valence-corrected chi connectivity index (χ4v) is 8.32. The molecule has 4 aromatic rings. The summed E-state index contributed by atoms with van der Waals surface area (Å²) in [5, 5.41) is -2.43. The molecule has 1 fully saturated rings. The van der Waals surface area contributed by atoms with E-state index < -0.39 is 43.3 Å². The van der Waals surface area contributed by atoms with Gasteiger partial charge in [0.15, 0.2) is 0 Å². The quantitative estimate of drug-likeness (QED) is 0.0715. The van der Waals surface area contributed by atoms with Crippen molar-refractivity contribution in [3.8, 4) is 0 Å². The summed E-state index contributed by atoms with van der Waals surface area (Å²) in [5.74, 6) is -0.992. The highest BCUT2D eigenvalue weighted by Crippen LogP contribution is 2.65. The van der Waals surface area contributed by atoms with Crippen molar-refractivity contribution in [2.45, 2.75) is 70.0 Å². The predicted octanol–water partition coefficient (Wildman–Crippen LogP) is 7.49. The Morgan fingerprint density at radius 2 is 1.04 bits per heavy atom. The lowest BCUT2D eigenvalue weighted by Gasteiger charge is -2.52. The van der Waals surface area contributed by atoms with E-state index in [2.05, 4.69) is 0 Å². The number of benzene rings is 4. The number of carbonyl (C=O) groups excluding carboxylic acids is 1. The normalized spacial score (nSPS) is 22.0. The lowest BCUT2D eigenvalue weighted by molar-refractivity contribution is -0.287. The Balaban J connectivity index is 1.64. The van der Waals surface area contributed by atoms with Gasteiger partial charge in [-0.15, -0.1) is 0 Å².